The average Bonchev–Trinajstić information content (AvgIpc) is 3.34. The van der Waals surface area contributed by atoms with Gasteiger partial charge in [0.2, 0.25) is 5.95 Å². The van der Waals surface area contributed by atoms with Crippen molar-refractivity contribution in [1.29, 1.82) is 0 Å². The Balaban J connectivity index is 1.50. The van der Waals surface area contributed by atoms with E-state index in [1.807, 2.05) is 11.8 Å². The predicted octanol–water partition coefficient (Wildman–Crippen LogP) is 3.86. The molecule has 0 atom stereocenters. The van der Waals surface area contributed by atoms with Crippen molar-refractivity contribution >= 4 is 23.4 Å². The first-order chi connectivity index (χ1) is 15.6. The molecule has 1 amide bonds. The van der Waals surface area contributed by atoms with Crippen LogP contribution in [0.2, 0.25) is 0 Å². The zero-order valence-electron chi connectivity index (χ0n) is 18.0. The van der Waals surface area contributed by atoms with Gasteiger partial charge in [0.1, 0.15) is 11.6 Å². The topological polar surface area (TPSA) is 74.2 Å². The summed E-state index contributed by atoms with van der Waals surface area (Å²) in [6.45, 7) is 4.68. The van der Waals surface area contributed by atoms with E-state index in [0.29, 0.717) is 48.2 Å². The van der Waals surface area contributed by atoms with Crippen molar-refractivity contribution in [2.75, 3.05) is 29.9 Å². The molecular formula is C24H25FN6O. The molecule has 1 N–H and O–H groups in total. The van der Waals surface area contributed by atoms with Crippen LogP contribution in [-0.4, -0.2) is 45.4 Å². The van der Waals surface area contributed by atoms with Gasteiger partial charge < -0.3 is 15.1 Å². The van der Waals surface area contributed by atoms with Crippen LogP contribution in [-0.2, 0) is 13.0 Å². The summed E-state index contributed by atoms with van der Waals surface area (Å²) in [4.78, 5) is 31.1. The molecule has 4 heterocycles. The maximum Gasteiger partial charge on any atom is 0.256 e. The number of halogens is 1. The quantitative estimate of drug-likeness (QED) is 0.675. The maximum absolute atomic E-state index is 13.8. The van der Waals surface area contributed by atoms with Crippen molar-refractivity contribution in [3.8, 4) is 0 Å². The Morgan fingerprint density at radius 3 is 2.72 bits per heavy atom. The average molecular weight is 433 g/mol. The molecule has 0 saturated carbocycles. The molecule has 0 spiro atoms. The lowest BCUT2D eigenvalue weighted by Gasteiger charge is -2.31. The van der Waals surface area contributed by atoms with Crippen LogP contribution in [0.25, 0.3) is 0 Å². The zero-order chi connectivity index (χ0) is 22.1. The molecule has 2 aliphatic heterocycles. The second-order valence-corrected chi connectivity index (χ2v) is 8.24. The summed E-state index contributed by atoms with van der Waals surface area (Å²) in [6.07, 6.45) is 4.58. The highest BCUT2D eigenvalue weighted by molar-refractivity contribution is 5.95. The van der Waals surface area contributed by atoms with E-state index >= 15 is 0 Å². The van der Waals surface area contributed by atoms with E-state index in [2.05, 4.69) is 15.2 Å². The molecule has 1 fully saturated rings. The molecule has 0 bridgehead atoms. The van der Waals surface area contributed by atoms with E-state index in [9.17, 15) is 9.18 Å². The number of carbonyl (C=O) groups excluding carboxylic acids is 1. The van der Waals surface area contributed by atoms with E-state index < -0.39 is 0 Å². The number of pyridine rings is 1. The number of aryl methyl sites for hydroxylation is 1. The van der Waals surface area contributed by atoms with Crippen molar-refractivity contribution in [1.82, 2.24) is 19.9 Å². The summed E-state index contributed by atoms with van der Waals surface area (Å²) in [5, 5.41) is 3.28. The third kappa shape index (κ3) is 4.00. The first-order valence-electron chi connectivity index (χ1n) is 11.0. The fourth-order valence-corrected chi connectivity index (χ4v) is 4.32. The van der Waals surface area contributed by atoms with Gasteiger partial charge in [0.15, 0.2) is 0 Å². The number of anilines is 3. The smallest absolute Gasteiger partial charge is 0.256 e. The van der Waals surface area contributed by atoms with Crippen molar-refractivity contribution in [2.24, 2.45) is 0 Å². The summed E-state index contributed by atoms with van der Waals surface area (Å²) in [7, 11) is 0. The standard InChI is InChI=1S/C24H25FN6O/c1-16-19(8-5-10-26-16)23(32)31-13-9-21-20(15-31)22(27-18-7-4-6-17(25)14-18)29-24(28-21)30-11-2-3-12-30/h4-8,10,14H,2-3,9,11-13,15H2,1H3,(H,27,28,29). The van der Waals surface area contributed by atoms with Gasteiger partial charge in [0.05, 0.1) is 17.8 Å². The Morgan fingerprint density at radius 1 is 1.09 bits per heavy atom. The third-order valence-corrected chi connectivity index (χ3v) is 6.05. The molecule has 32 heavy (non-hydrogen) atoms. The number of aromatic nitrogens is 3. The Bertz CT molecular complexity index is 1160. The van der Waals surface area contributed by atoms with Crippen LogP contribution < -0.4 is 10.2 Å². The summed E-state index contributed by atoms with van der Waals surface area (Å²) in [5.41, 5.74) is 3.74. The van der Waals surface area contributed by atoms with Gasteiger partial charge in [0.25, 0.3) is 5.91 Å². The lowest BCUT2D eigenvalue weighted by atomic mass is 10.0. The molecule has 1 saturated heterocycles. The molecular weight excluding hydrogens is 407 g/mol. The van der Waals surface area contributed by atoms with E-state index in [1.165, 1.54) is 12.1 Å². The number of hydrogen-bond donors (Lipinski definition) is 1. The van der Waals surface area contributed by atoms with Crippen LogP contribution in [0, 0.1) is 12.7 Å². The first-order valence-corrected chi connectivity index (χ1v) is 11.0. The molecule has 0 unspecified atom stereocenters. The highest BCUT2D eigenvalue weighted by Gasteiger charge is 2.28. The largest absolute Gasteiger partial charge is 0.341 e. The van der Waals surface area contributed by atoms with Crippen LogP contribution >= 0.6 is 0 Å². The van der Waals surface area contributed by atoms with Gasteiger partial charge in [-0.2, -0.15) is 4.98 Å². The molecule has 0 aliphatic carbocycles. The summed E-state index contributed by atoms with van der Waals surface area (Å²) in [5.74, 6) is 0.953. The number of nitrogens with one attached hydrogen (secondary N) is 1. The van der Waals surface area contributed by atoms with Gasteiger partial charge in [-0.05, 0) is 50.1 Å². The summed E-state index contributed by atoms with van der Waals surface area (Å²) < 4.78 is 13.8. The lowest BCUT2D eigenvalue weighted by molar-refractivity contribution is 0.0732. The van der Waals surface area contributed by atoms with Gasteiger partial charge in [-0.3, -0.25) is 9.78 Å². The number of nitrogens with zero attached hydrogens (tertiary/aromatic N) is 5. The number of amides is 1. The van der Waals surface area contributed by atoms with Gasteiger partial charge in [-0.15, -0.1) is 0 Å². The maximum atomic E-state index is 13.8. The van der Waals surface area contributed by atoms with E-state index in [-0.39, 0.29) is 11.7 Å². The number of carbonyl (C=O) groups is 1. The van der Waals surface area contributed by atoms with Crippen LogP contribution in [0.4, 0.5) is 21.8 Å². The monoisotopic (exact) mass is 432 g/mol. The third-order valence-electron chi connectivity index (χ3n) is 6.05. The highest BCUT2D eigenvalue weighted by atomic mass is 19.1. The summed E-state index contributed by atoms with van der Waals surface area (Å²) >= 11 is 0. The molecule has 2 aliphatic rings. The highest BCUT2D eigenvalue weighted by Crippen LogP contribution is 2.30. The number of hydrogen-bond acceptors (Lipinski definition) is 6. The SMILES string of the molecule is Cc1ncccc1C(=O)N1CCc2nc(N3CCCC3)nc(Nc3cccc(F)c3)c2C1. The molecule has 3 aromatic rings. The molecule has 164 valence electrons. The number of fused-ring (bicyclic) bond motifs is 1. The minimum atomic E-state index is -0.318. The Morgan fingerprint density at radius 2 is 1.94 bits per heavy atom. The Labute approximate surface area is 186 Å². The van der Waals surface area contributed by atoms with Crippen molar-refractivity contribution in [3.63, 3.8) is 0 Å². The molecule has 1 aromatic carbocycles. The Kier molecular flexibility index (Phi) is 5.43. The normalized spacial score (nSPS) is 15.6. The first kappa shape index (κ1) is 20.4. The van der Waals surface area contributed by atoms with E-state index in [0.717, 1.165) is 37.2 Å². The van der Waals surface area contributed by atoms with Crippen molar-refractivity contribution < 1.29 is 9.18 Å². The minimum absolute atomic E-state index is 0.0541. The van der Waals surface area contributed by atoms with Crippen molar-refractivity contribution in [2.45, 2.75) is 32.7 Å². The van der Waals surface area contributed by atoms with Crippen LogP contribution in [0.5, 0.6) is 0 Å². The van der Waals surface area contributed by atoms with Crippen LogP contribution in [0.3, 0.4) is 0 Å². The Hall–Kier alpha value is -3.55. The van der Waals surface area contributed by atoms with E-state index in [1.54, 1.807) is 30.5 Å². The molecule has 0 radical (unpaired) electrons. The van der Waals surface area contributed by atoms with Gasteiger partial charge >= 0.3 is 0 Å². The number of benzene rings is 1. The second kappa shape index (κ2) is 8.53. The molecule has 5 rings (SSSR count). The van der Waals surface area contributed by atoms with Gasteiger partial charge in [-0.25, -0.2) is 9.37 Å². The fourth-order valence-electron chi connectivity index (χ4n) is 4.32. The fraction of sp³-hybridized carbons (Fsp3) is 0.333. The van der Waals surface area contributed by atoms with E-state index in [4.69, 9.17) is 9.97 Å². The minimum Gasteiger partial charge on any atom is -0.341 e. The van der Waals surface area contributed by atoms with Crippen molar-refractivity contribution in [3.05, 3.63) is 70.9 Å². The molecule has 7 nitrogen and oxygen atoms in total. The second-order valence-electron chi connectivity index (χ2n) is 8.24. The van der Waals surface area contributed by atoms with Gasteiger partial charge in [0, 0.05) is 49.2 Å². The summed E-state index contributed by atoms with van der Waals surface area (Å²) in [6, 6.07) is 9.90. The van der Waals surface area contributed by atoms with Crippen LogP contribution in [0.1, 0.15) is 40.2 Å². The molecule has 2 aromatic heterocycles. The predicted molar refractivity (Wildman–Crippen MR) is 121 cm³/mol. The number of rotatable bonds is 4. The lowest BCUT2D eigenvalue weighted by Crippen LogP contribution is -2.37. The molecule has 8 heteroatoms. The van der Waals surface area contributed by atoms with Crippen LogP contribution in [0.15, 0.2) is 42.6 Å². The zero-order valence-corrected chi connectivity index (χ0v) is 18.0. The van der Waals surface area contributed by atoms with Gasteiger partial charge in [-0.1, -0.05) is 6.07 Å².